The van der Waals surface area contributed by atoms with Crippen LogP contribution in [0.5, 0.6) is 0 Å². The number of rotatable bonds is 3. The highest BCUT2D eigenvalue weighted by molar-refractivity contribution is 7.27. The Balaban J connectivity index is 0.993. The Morgan fingerprint density at radius 2 is 0.797 bits per heavy atom. The molecule has 0 N–H and O–H groups in total. The standard InChI is InChI=1S/C54H30N2O2S/c1-5-16-43-39(14-1)51-45(55(43)33-11-9-10-31(28-33)32-20-26-49-41(29-32)35-12-3-7-18-47(35)57-49)24-22-37-38-23-25-46-52(54(38)59-53(37)51)40-15-2-6-17-44(40)56(46)34-21-27-50-42(30-34)36-13-4-8-19-48(36)58-50/h1-30H. The fourth-order valence-corrected chi connectivity index (χ4v) is 11.3. The average Bonchev–Trinajstić information content (AvgIpc) is 4.10. The number of para-hydroxylation sites is 4. The first-order chi connectivity index (χ1) is 29.2. The van der Waals surface area contributed by atoms with Crippen LogP contribution in [-0.2, 0) is 0 Å². The lowest BCUT2D eigenvalue weighted by Gasteiger charge is -2.10. The van der Waals surface area contributed by atoms with Crippen molar-refractivity contribution in [1.82, 2.24) is 9.13 Å². The third-order valence-electron chi connectivity index (χ3n) is 12.5. The monoisotopic (exact) mass is 770 g/mol. The zero-order valence-electron chi connectivity index (χ0n) is 31.4. The van der Waals surface area contributed by atoms with Crippen LogP contribution in [-0.4, -0.2) is 9.13 Å². The van der Waals surface area contributed by atoms with E-state index in [0.29, 0.717) is 0 Å². The lowest BCUT2D eigenvalue weighted by atomic mass is 10.0. The quantitative estimate of drug-likeness (QED) is 0.179. The molecule has 14 aromatic rings. The van der Waals surface area contributed by atoms with Gasteiger partial charge in [-0.2, -0.15) is 0 Å². The van der Waals surface area contributed by atoms with Gasteiger partial charge in [-0.1, -0.05) is 103 Å². The molecule has 0 aliphatic carbocycles. The fraction of sp³-hybridized carbons (Fsp3) is 0. The van der Waals surface area contributed by atoms with Crippen LogP contribution >= 0.6 is 11.3 Å². The van der Waals surface area contributed by atoms with Gasteiger partial charge in [-0.15, -0.1) is 11.3 Å². The summed E-state index contributed by atoms with van der Waals surface area (Å²) in [5.74, 6) is 0. The van der Waals surface area contributed by atoms with Gasteiger partial charge in [0, 0.05) is 74.6 Å². The van der Waals surface area contributed by atoms with Crippen molar-refractivity contribution in [2.75, 3.05) is 0 Å². The maximum Gasteiger partial charge on any atom is 0.135 e. The maximum atomic E-state index is 6.22. The lowest BCUT2D eigenvalue weighted by Crippen LogP contribution is -1.94. The molecule has 0 fully saturated rings. The summed E-state index contributed by atoms with van der Waals surface area (Å²) in [4.78, 5) is 0. The molecule has 0 unspecified atom stereocenters. The van der Waals surface area contributed by atoms with E-state index in [1.807, 2.05) is 35.6 Å². The van der Waals surface area contributed by atoms with E-state index in [9.17, 15) is 0 Å². The van der Waals surface area contributed by atoms with Crippen molar-refractivity contribution >= 4 is 119 Å². The molecule has 0 aliphatic heterocycles. The molecule has 0 amide bonds. The van der Waals surface area contributed by atoms with Crippen molar-refractivity contribution in [3.8, 4) is 22.5 Å². The third-order valence-corrected chi connectivity index (χ3v) is 13.8. The number of aromatic nitrogens is 2. The summed E-state index contributed by atoms with van der Waals surface area (Å²) in [6.45, 7) is 0. The second-order valence-electron chi connectivity index (χ2n) is 15.6. The van der Waals surface area contributed by atoms with Gasteiger partial charge >= 0.3 is 0 Å². The smallest absolute Gasteiger partial charge is 0.135 e. The van der Waals surface area contributed by atoms with E-state index in [2.05, 4.69) is 167 Å². The van der Waals surface area contributed by atoms with Crippen LogP contribution in [0.25, 0.3) is 130 Å². The van der Waals surface area contributed by atoms with E-state index in [-0.39, 0.29) is 0 Å². The van der Waals surface area contributed by atoms with Crippen LogP contribution in [0.2, 0.25) is 0 Å². The lowest BCUT2D eigenvalue weighted by molar-refractivity contribution is 0.668. The number of fused-ring (bicyclic) bond motifs is 17. The molecule has 0 saturated carbocycles. The van der Waals surface area contributed by atoms with E-state index in [1.165, 1.54) is 74.9 Å². The molecule has 0 radical (unpaired) electrons. The number of nitrogens with zero attached hydrogens (tertiary/aromatic N) is 2. The van der Waals surface area contributed by atoms with Gasteiger partial charge in [0.2, 0.25) is 0 Å². The minimum Gasteiger partial charge on any atom is -0.456 e. The average molecular weight is 771 g/mol. The van der Waals surface area contributed by atoms with Crippen LogP contribution in [0, 0.1) is 0 Å². The van der Waals surface area contributed by atoms with E-state index < -0.39 is 0 Å². The molecule has 4 nitrogen and oxygen atoms in total. The van der Waals surface area contributed by atoms with Crippen LogP contribution in [0.1, 0.15) is 0 Å². The van der Waals surface area contributed by atoms with Gasteiger partial charge in [-0.05, 0) is 90.0 Å². The molecule has 9 aromatic carbocycles. The molecule has 0 atom stereocenters. The Labute approximate surface area is 339 Å². The van der Waals surface area contributed by atoms with Gasteiger partial charge in [0.1, 0.15) is 22.3 Å². The molecule has 5 heterocycles. The minimum absolute atomic E-state index is 0.905. The highest BCUT2D eigenvalue weighted by Gasteiger charge is 2.22. The molecule has 274 valence electrons. The van der Waals surface area contributed by atoms with Crippen molar-refractivity contribution in [3.63, 3.8) is 0 Å². The van der Waals surface area contributed by atoms with Crippen LogP contribution < -0.4 is 0 Å². The summed E-state index contributed by atoms with van der Waals surface area (Å²) >= 11 is 1.93. The van der Waals surface area contributed by atoms with Crippen LogP contribution in [0.15, 0.2) is 191 Å². The summed E-state index contributed by atoms with van der Waals surface area (Å²) in [6.07, 6.45) is 0. The predicted molar refractivity (Wildman–Crippen MR) is 248 cm³/mol. The summed E-state index contributed by atoms with van der Waals surface area (Å²) in [5.41, 5.74) is 13.0. The second kappa shape index (κ2) is 11.5. The molecule has 0 spiro atoms. The van der Waals surface area contributed by atoms with Gasteiger partial charge in [0.15, 0.2) is 0 Å². The summed E-state index contributed by atoms with van der Waals surface area (Å²) in [5, 5.41) is 12.2. The first-order valence-corrected chi connectivity index (χ1v) is 20.8. The summed E-state index contributed by atoms with van der Waals surface area (Å²) in [7, 11) is 0. The zero-order chi connectivity index (χ0) is 38.3. The Kier molecular flexibility index (Phi) is 6.14. The summed E-state index contributed by atoms with van der Waals surface area (Å²) < 4.78 is 19.9. The second-order valence-corrected chi connectivity index (χ2v) is 16.6. The van der Waals surface area contributed by atoms with E-state index in [0.717, 1.165) is 55.3 Å². The molecule has 59 heavy (non-hydrogen) atoms. The normalized spacial score (nSPS) is 12.4. The van der Waals surface area contributed by atoms with Gasteiger partial charge in [-0.3, -0.25) is 0 Å². The highest BCUT2D eigenvalue weighted by atomic mass is 32.1. The minimum atomic E-state index is 0.905. The molecule has 5 aromatic heterocycles. The van der Waals surface area contributed by atoms with Gasteiger partial charge in [-0.25, -0.2) is 0 Å². The van der Waals surface area contributed by atoms with Crippen molar-refractivity contribution < 1.29 is 8.83 Å². The van der Waals surface area contributed by atoms with Crippen molar-refractivity contribution in [2.45, 2.75) is 0 Å². The number of hydrogen-bond donors (Lipinski definition) is 0. The Bertz CT molecular complexity index is 4100. The first kappa shape index (κ1) is 31.5. The Morgan fingerprint density at radius 3 is 1.42 bits per heavy atom. The molecule has 14 rings (SSSR count). The molecule has 5 heteroatoms. The highest BCUT2D eigenvalue weighted by Crippen LogP contribution is 2.48. The summed E-state index contributed by atoms with van der Waals surface area (Å²) in [6, 6.07) is 65.7. The van der Waals surface area contributed by atoms with Gasteiger partial charge in [0.25, 0.3) is 0 Å². The number of furan rings is 2. The molecule has 0 bridgehead atoms. The number of hydrogen-bond acceptors (Lipinski definition) is 3. The Morgan fingerprint density at radius 1 is 0.305 bits per heavy atom. The van der Waals surface area contributed by atoms with Crippen LogP contribution in [0.3, 0.4) is 0 Å². The molecular formula is C54H30N2O2S. The van der Waals surface area contributed by atoms with Crippen molar-refractivity contribution in [1.29, 1.82) is 0 Å². The van der Waals surface area contributed by atoms with Crippen molar-refractivity contribution in [2.24, 2.45) is 0 Å². The van der Waals surface area contributed by atoms with E-state index in [4.69, 9.17) is 8.83 Å². The SMILES string of the molecule is c1cc(-c2ccc3oc4ccccc4c3c2)cc(-n2c3ccccc3c3c4sc5c(ccc6c5c5ccccc5n6-c5ccc6oc7ccccc7c6c5)c4ccc32)c1. The Hall–Kier alpha value is -7.60. The van der Waals surface area contributed by atoms with Gasteiger partial charge in [0.05, 0.1) is 22.1 Å². The molecule has 0 aliphatic rings. The number of thiophene rings is 1. The zero-order valence-corrected chi connectivity index (χ0v) is 32.3. The maximum absolute atomic E-state index is 6.22. The van der Waals surface area contributed by atoms with Crippen molar-refractivity contribution in [3.05, 3.63) is 182 Å². The molecular weight excluding hydrogens is 741 g/mol. The predicted octanol–water partition coefficient (Wildman–Crippen LogP) is 15.7. The third kappa shape index (κ3) is 4.26. The fourth-order valence-electron chi connectivity index (χ4n) is 9.94. The largest absolute Gasteiger partial charge is 0.456 e. The van der Waals surface area contributed by atoms with E-state index >= 15 is 0 Å². The topological polar surface area (TPSA) is 36.1 Å². The van der Waals surface area contributed by atoms with E-state index in [1.54, 1.807) is 0 Å². The number of benzene rings is 9. The van der Waals surface area contributed by atoms with Gasteiger partial charge < -0.3 is 18.0 Å². The first-order valence-electron chi connectivity index (χ1n) is 20.0. The molecule has 0 saturated heterocycles. The van der Waals surface area contributed by atoms with Crippen LogP contribution in [0.4, 0.5) is 0 Å².